The van der Waals surface area contributed by atoms with Gasteiger partial charge in [-0.3, -0.25) is 9.36 Å². The van der Waals surface area contributed by atoms with Crippen LogP contribution < -0.4 is 15.0 Å². The van der Waals surface area contributed by atoms with Crippen LogP contribution in [0.5, 0.6) is 11.6 Å². The first kappa shape index (κ1) is 23.6. The molecule has 0 aliphatic carbocycles. The normalized spacial score (nSPS) is 14.3. The molecule has 3 aromatic heterocycles. The molecule has 4 aromatic rings. The van der Waals surface area contributed by atoms with Gasteiger partial charge in [0.25, 0.3) is 5.88 Å². The lowest BCUT2D eigenvalue weighted by molar-refractivity contribution is 0.0939. The minimum atomic E-state index is -0.889. The summed E-state index contributed by atoms with van der Waals surface area (Å²) in [5.41, 5.74) is 1.97. The van der Waals surface area contributed by atoms with E-state index in [1.165, 1.54) is 17.6 Å². The fraction of sp³-hybridized carbons (Fsp3) is 0.280. The van der Waals surface area contributed by atoms with Crippen molar-refractivity contribution in [3.63, 3.8) is 0 Å². The summed E-state index contributed by atoms with van der Waals surface area (Å²) in [6.45, 7) is 6.87. The van der Waals surface area contributed by atoms with E-state index in [2.05, 4.69) is 37.1 Å². The van der Waals surface area contributed by atoms with Crippen molar-refractivity contribution >= 4 is 34.1 Å². The van der Waals surface area contributed by atoms with Crippen molar-refractivity contribution in [2.75, 3.05) is 43.4 Å². The molecule has 0 spiro atoms. The second-order valence-electron chi connectivity index (χ2n) is 8.71. The Bertz CT molecular complexity index is 1430. The maximum Gasteiger partial charge on any atom is 0.261 e. The fourth-order valence-corrected chi connectivity index (χ4v) is 4.30. The van der Waals surface area contributed by atoms with E-state index >= 15 is 8.78 Å². The summed E-state index contributed by atoms with van der Waals surface area (Å²) in [5, 5.41) is 3.02. The van der Waals surface area contributed by atoms with Crippen molar-refractivity contribution < 1.29 is 18.3 Å². The van der Waals surface area contributed by atoms with Crippen molar-refractivity contribution in [1.82, 2.24) is 24.4 Å². The second-order valence-corrected chi connectivity index (χ2v) is 8.71. The number of hydrogen-bond acceptors (Lipinski definition) is 8. The van der Waals surface area contributed by atoms with Gasteiger partial charge in [-0.1, -0.05) is 0 Å². The Morgan fingerprint density at radius 3 is 2.50 bits per heavy atom. The molecule has 1 aliphatic rings. The van der Waals surface area contributed by atoms with Crippen LogP contribution in [0.4, 0.5) is 26.1 Å². The number of ether oxygens (including phenoxy) is 1. The number of carbonyl (C=O) groups is 1. The number of rotatable bonds is 5. The summed E-state index contributed by atoms with van der Waals surface area (Å²) < 4.78 is 37.2. The molecule has 0 amide bonds. The minimum absolute atomic E-state index is 0.153. The predicted molar refractivity (Wildman–Crippen MR) is 132 cm³/mol. The number of nitrogens with one attached hydrogen (secondary N) is 1. The van der Waals surface area contributed by atoms with Crippen LogP contribution in [0.1, 0.15) is 17.4 Å². The van der Waals surface area contributed by atoms with Crippen LogP contribution >= 0.6 is 0 Å². The SMILES string of the molecule is CC(=O)n1c(C)cc2c(F)c(Oc3ncnc(Nc4ccc(N5CCN(C)CC5)cn4)c3F)ccc21. The van der Waals surface area contributed by atoms with Gasteiger partial charge in [-0.05, 0) is 44.3 Å². The topological polar surface area (TPSA) is 88.4 Å². The first-order valence-corrected chi connectivity index (χ1v) is 11.5. The molecule has 0 atom stereocenters. The molecule has 1 saturated heterocycles. The number of piperazine rings is 1. The average Bonchev–Trinajstić information content (AvgIpc) is 3.21. The largest absolute Gasteiger partial charge is 0.433 e. The molecule has 5 rings (SSSR count). The summed E-state index contributed by atoms with van der Waals surface area (Å²) in [7, 11) is 2.09. The van der Waals surface area contributed by atoms with Gasteiger partial charge < -0.3 is 19.9 Å². The summed E-state index contributed by atoms with van der Waals surface area (Å²) in [6.07, 6.45) is 2.84. The standard InChI is InChI=1S/C25H25F2N7O2/c1-15-12-18-19(34(15)16(2)35)5-6-20(22(18)26)36-25-23(27)24(29-14-30-25)31-21-7-4-17(13-28-21)33-10-8-32(3)9-11-33/h4-7,12-14H,8-11H2,1-3H3,(H,28,29,30,31). The number of carbonyl (C=O) groups excluding carboxylic acids is 1. The number of aryl methyl sites for hydroxylation is 1. The smallest absolute Gasteiger partial charge is 0.261 e. The van der Waals surface area contributed by atoms with Gasteiger partial charge in [0, 0.05) is 44.2 Å². The van der Waals surface area contributed by atoms with Gasteiger partial charge in [-0.15, -0.1) is 0 Å². The van der Waals surface area contributed by atoms with Gasteiger partial charge in [0.2, 0.25) is 11.7 Å². The van der Waals surface area contributed by atoms with Crippen LogP contribution in [0.25, 0.3) is 10.9 Å². The zero-order chi connectivity index (χ0) is 25.4. The third-order valence-electron chi connectivity index (χ3n) is 6.21. The molecule has 4 heterocycles. The summed E-state index contributed by atoms with van der Waals surface area (Å²) in [6, 6.07) is 8.08. The van der Waals surface area contributed by atoms with Crippen LogP contribution in [-0.2, 0) is 0 Å². The molecule has 36 heavy (non-hydrogen) atoms. The Kier molecular flexibility index (Phi) is 6.23. The molecule has 186 valence electrons. The van der Waals surface area contributed by atoms with E-state index in [-0.39, 0.29) is 22.9 Å². The van der Waals surface area contributed by atoms with E-state index < -0.39 is 17.5 Å². The Morgan fingerprint density at radius 2 is 1.81 bits per heavy atom. The third kappa shape index (κ3) is 4.44. The number of benzene rings is 1. The third-order valence-corrected chi connectivity index (χ3v) is 6.21. The molecule has 0 radical (unpaired) electrons. The van der Waals surface area contributed by atoms with Crippen molar-refractivity contribution in [3.05, 3.63) is 60.2 Å². The van der Waals surface area contributed by atoms with Crippen molar-refractivity contribution in [1.29, 1.82) is 0 Å². The number of likely N-dealkylation sites (N-methyl/N-ethyl adjacent to an activating group) is 1. The number of aromatic nitrogens is 4. The molecular weight excluding hydrogens is 468 g/mol. The van der Waals surface area contributed by atoms with Gasteiger partial charge in [-0.2, -0.15) is 9.37 Å². The molecule has 9 nitrogen and oxygen atoms in total. The maximum absolute atomic E-state index is 15.2. The zero-order valence-corrected chi connectivity index (χ0v) is 20.1. The highest BCUT2D eigenvalue weighted by molar-refractivity contribution is 5.93. The Balaban J connectivity index is 1.35. The summed E-state index contributed by atoms with van der Waals surface area (Å²) in [5.74, 6) is -2.27. The van der Waals surface area contributed by atoms with Gasteiger partial charge in [0.15, 0.2) is 17.4 Å². The van der Waals surface area contributed by atoms with E-state index in [1.807, 2.05) is 6.07 Å². The lowest BCUT2D eigenvalue weighted by Crippen LogP contribution is -2.44. The van der Waals surface area contributed by atoms with Crippen LogP contribution in [0.15, 0.2) is 42.9 Å². The number of halogens is 2. The highest BCUT2D eigenvalue weighted by atomic mass is 19.1. The summed E-state index contributed by atoms with van der Waals surface area (Å²) >= 11 is 0. The highest BCUT2D eigenvalue weighted by Gasteiger charge is 2.20. The Morgan fingerprint density at radius 1 is 1.03 bits per heavy atom. The van der Waals surface area contributed by atoms with E-state index in [1.54, 1.807) is 31.3 Å². The van der Waals surface area contributed by atoms with Crippen molar-refractivity contribution in [2.24, 2.45) is 0 Å². The number of fused-ring (bicyclic) bond motifs is 1. The number of anilines is 3. The van der Waals surface area contributed by atoms with E-state index in [0.717, 1.165) is 38.2 Å². The van der Waals surface area contributed by atoms with Crippen LogP contribution in [0.2, 0.25) is 0 Å². The van der Waals surface area contributed by atoms with Crippen molar-refractivity contribution in [3.8, 4) is 11.6 Å². The zero-order valence-electron chi connectivity index (χ0n) is 20.1. The van der Waals surface area contributed by atoms with Crippen LogP contribution in [0.3, 0.4) is 0 Å². The molecule has 1 aliphatic heterocycles. The van der Waals surface area contributed by atoms with Gasteiger partial charge in [0.05, 0.1) is 17.4 Å². The summed E-state index contributed by atoms with van der Waals surface area (Å²) in [4.78, 5) is 28.5. The molecule has 0 bridgehead atoms. The molecular formula is C25H25F2N7O2. The van der Waals surface area contributed by atoms with Crippen molar-refractivity contribution in [2.45, 2.75) is 13.8 Å². The maximum atomic E-state index is 15.2. The number of nitrogens with zero attached hydrogens (tertiary/aromatic N) is 6. The number of hydrogen-bond donors (Lipinski definition) is 1. The quantitative estimate of drug-likeness (QED) is 0.439. The van der Waals surface area contributed by atoms with Crippen LogP contribution in [0, 0.1) is 18.6 Å². The molecule has 0 saturated carbocycles. The Hall–Kier alpha value is -4.12. The molecule has 1 fully saturated rings. The van der Waals surface area contributed by atoms with Gasteiger partial charge >= 0.3 is 0 Å². The highest BCUT2D eigenvalue weighted by Crippen LogP contribution is 2.33. The lowest BCUT2D eigenvalue weighted by atomic mass is 10.2. The van der Waals surface area contributed by atoms with Crippen LogP contribution in [-0.4, -0.2) is 63.6 Å². The molecule has 0 unspecified atom stereocenters. The van der Waals surface area contributed by atoms with E-state index in [9.17, 15) is 4.79 Å². The Labute approximate surface area is 206 Å². The van der Waals surface area contributed by atoms with Gasteiger partial charge in [-0.25, -0.2) is 14.4 Å². The first-order chi connectivity index (χ1) is 17.3. The fourth-order valence-electron chi connectivity index (χ4n) is 4.30. The number of pyridine rings is 1. The van der Waals surface area contributed by atoms with E-state index in [0.29, 0.717) is 17.0 Å². The minimum Gasteiger partial charge on any atom is -0.433 e. The van der Waals surface area contributed by atoms with E-state index in [4.69, 9.17) is 4.74 Å². The molecule has 1 aromatic carbocycles. The monoisotopic (exact) mass is 493 g/mol. The predicted octanol–water partition coefficient (Wildman–Crippen LogP) is 4.36. The second kappa shape index (κ2) is 9.50. The molecule has 11 heteroatoms. The first-order valence-electron chi connectivity index (χ1n) is 11.5. The molecule has 1 N–H and O–H groups in total. The van der Waals surface area contributed by atoms with Gasteiger partial charge in [0.1, 0.15) is 12.1 Å². The lowest BCUT2D eigenvalue weighted by Gasteiger charge is -2.33. The average molecular weight is 494 g/mol.